The lowest BCUT2D eigenvalue weighted by Gasteiger charge is -2.15. The zero-order chi connectivity index (χ0) is 29.0. The molecule has 1 aliphatic heterocycles. The summed E-state index contributed by atoms with van der Waals surface area (Å²) in [7, 11) is 2.54. The zero-order valence-corrected chi connectivity index (χ0v) is 23.2. The van der Waals surface area contributed by atoms with E-state index in [9.17, 15) is 23.6 Å². The van der Waals surface area contributed by atoms with Crippen LogP contribution in [0.15, 0.2) is 57.1 Å². The molecule has 208 valence electrons. The van der Waals surface area contributed by atoms with Crippen molar-refractivity contribution in [2.24, 2.45) is 0 Å². The Kier molecular flexibility index (Phi) is 8.75. The molecule has 14 heteroatoms. The number of imide groups is 1. The van der Waals surface area contributed by atoms with Crippen molar-refractivity contribution in [3.8, 4) is 11.5 Å². The second-order valence-electron chi connectivity index (χ2n) is 8.08. The van der Waals surface area contributed by atoms with Gasteiger partial charge in [-0.05, 0) is 57.9 Å². The van der Waals surface area contributed by atoms with Crippen LogP contribution >= 0.6 is 27.5 Å². The van der Waals surface area contributed by atoms with Crippen LogP contribution in [0.2, 0.25) is 5.02 Å². The van der Waals surface area contributed by atoms with E-state index < -0.39 is 36.2 Å². The van der Waals surface area contributed by atoms with Crippen molar-refractivity contribution in [3.63, 3.8) is 0 Å². The number of nitrogens with one attached hydrogen (secondary N) is 2. The van der Waals surface area contributed by atoms with E-state index in [1.165, 1.54) is 56.7 Å². The molecular formula is C26H20BrClFN3O8. The summed E-state index contributed by atoms with van der Waals surface area (Å²) >= 11 is 9.81. The first-order valence-electron chi connectivity index (χ1n) is 11.4. The van der Waals surface area contributed by atoms with E-state index in [0.29, 0.717) is 5.56 Å². The standard InChI is InChI=1S/C26H20BrClFN3O8/c1-37-19-10-13(21(27)22(28)23(19)39-12-20(33)30-16-6-4-3-5-15(16)29)9-17-24(34)32(26(36)31-17)11-14-7-8-18(40-14)25(35)38-2/h3-10H,11-12H2,1-2H3,(H,30,33)(H,31,36)/b17-9-. The number of furan rings is 1. The van der Waals surface area contributed by atoms with Gasteiger partial charge in [-0.15, -0.1) is 0 Å². The summed E-state index contributed by atoms with van der Waals surface area (Å²) in [5.74, 6) is -2.34. The van der Waals surface area contributed by atoms with E-state index in [1.807, 2.05) is 0 Å². The summed E-state index contributed by atoms with van der Waals surface area (Å²) in [6.07, 6.45) is 1.37. The van der Waals surface area contributed by atoms with E-state index in [4.69, 9.17) is 25.5 Å². The summed E-state index contributed by atoms with van der Waals surface area (Å²) in [4.78, 5) is 50.2. The predicted octanol–water partition coefficient (Wildman–Crippen LogP) is 4.74. The molecule has 0 bridgehead atoms. The largest absolute Gasteiger partial charge is 0.493 e. The molecule has 2 heterocycles. The Morgan fingerprint density at radius 2 is 1.95 bits per heavy atom. The minimum atomic E-state index is -0.706. The minimum Gasteiger partial charge on any atom is -0.493 e. The van der Waals surface area contributed by atoms with Gasteiger partial charge in [0.1, 0.15) is 22.3 Å². The second-order valence-corrected chi connectivity index (χ2v) is 9.25. The van der Waals surface area contributed by atoms with Gasteiger partial charge in [-0.3, -0.25) is 14.5 Å². The number of hydrogen-bond donors (Lipinski definition) is 2. The maximum absolute atomic E-state index is 13.8. The van der Waals surface area contributed by atoms with Gasteiger partial charge in [0.05, 0.1) is 26.5 Å². The lowest BCUT2D eigenvalue weighted by Crippen LogP contribution is -2.30. The van der Waals surface area contributed by atoms with Crippen molar-refractivity contribution in [2.45, 2.75) is 6.54 Å². The van der Waals surface area contributed by atoms with Gasteiger partial charge < -0.3 is 29.3 Å². The number of anilines is 1. The third kappa shape index (κ3) is 6.10. The van der Waals surface area contributed by atoms with E-state index in [-0.39, 0.29) is 50.4 Å². The molecule has 2 aromatic carbocycles. The molecule has 4 amide bonds. The highest BCUT2D eigenvalue weighted by Gasteiger charge is 2.35. The molecule has 0 atom stereocenters. The maximum Gasteiger partial charge on any atom is 0.373 e. The Labute approximate surface area is 239 Å². The van der Waals surface area contributed by atoms with Gasteiger partial charge in [-0.1, -0.05) is 23.7 Å². The molecule has 0 radical (unpaired) electrons. The number of rotatable bonds is 9. The van der Waals surface area contributed by atoms with Crippen LogP contribution in [0.5, 0.6) is 11.5 Å². The van der Waals surface area contributed by atoms with Crippen LogP contribution in [0.1, 0.15) is 21.9 Å². The molecule has 3 aromatic rings. The van der Waals surface area contributed by atoms with E-state index in [0.717, 1.165) is 4.90 Å². The minimum absolute atomic E-state index is 0.00871. The molecule has 0 saturated carbocycles. The van der Waals surface area contributed by atoms with Crippen LogP contribution in [0, 0.1) is 5.82 Å². The van der Waals surface area contributed by atoms with Crippen LogP contribution in [0.4, 0.5) is 14.9 Å². The highest BCUT2D eigenvalue weighted by Crippen LogP contribution is 2.43. The van der Waals surface area contributed by atoms with Crippen molar-refractivity contribution in [2.75, 3.05) is 26.1 Å². The average molecular weight is 637 g/mol. The Morgan fingerprint density at radius 1 is 1.20 bits per heavy atom. The molecule has 40 heavy (non-hydrogen) atoms. The summed E-state index contributed by atoms with van der Waals surface area (Å²) in [5.41, 5.74) is 0.272. The quantitative estimate of drug-likeness (QED) is 0.195. The van der Waals surface area contributed by atoms with Gasteiger partial charge in [-0.25, -0.2) is 14.0 Å². The van der Waals surface area contributed by atoms with Crippen molar-refractivity contribution >= 4 is 63.1 Å². The Morgan fingerprint density at radius 3 is 2.65 bits per heavy atom. The highest BCUT2D eigenvalue weighted by atomic mass is 79.9. The molecule has 11 nitrogen and oxygen atoms in total. The van der Waals surface area contributed by atoms with Gasteiger partial charge in [0.15, 0.2) is 18.1 Å². The Balaban J connectivity index is 1.50. The average Bonchev–Trinajstić information content (AvgIpc) is 3.51. The number of halogens is 3. The monoisotopic (exact) mass is 635 g/mol. The Bertz CT molecular complexity index is 1540. The fourth-order valence-corrected chi connectivity index (χ4v) is 4.25. The maximum atomic E-state index is 13.8. The van der Waals surface area contributed by atoms with Crippen molar-refractivity contribution in [1.29, 1.82) is 0 Å². The Hall–Kier alpha value is -4.36. The molecule has 4 rings (SSSR count). The number of carbonyl (C=O) groups excluding carboxylic acids is 4. The van der Waals surface area contributed by atoms with Gasteiger partial charge in [0.25, 0.3) is 11.8 Å². The predicted molar refractivity (Wildman–Crippen MR) is 143 cm³/mol. The molecule has 1 fully saturated rings. The fourth-order valence-electron chi connectivity index (χ4n) is 3.58. The number of esters is 1. The normalized spacial score (nSPS) is 13.8. The first-order chi connectivity index (χ1) is 19.1. The third-order valence-electron chi connectivity index (χ3n) is 5.50. The van der Waals surface area contributed by atoms with Crippen molar-refractivity contribution in [3.05, 3.63) is 80.6 Å². The number of nitrogens with zero attached hydrogens (tertiary/aromatic N) is 1. The highest BCUT2D eigenvalue weighted by molar-refractivity contribution is 9.10. The molecule has 0 aliphatic carbocycles. The van der Waals surface area contributed by atoms with Crippen molar-refractivity contribution < 1.29 is 42.2 Å². The van der Waals surface area contributed by atoms with Gasteiger partial charge >= 0.3 is 12.0 Å². The molecule has 0 unspecified atom stereocenters. The zero-order valence-electron chi connectivity index (χ0n) is 20.9. The first kappa shape index (κ1) is 28.6. The SMILES string of the molecule is COC(=O)c1ccc(CN2C(=O)N/C(=C\c3cc(OC)c(OCC(=O)Nc4ccccc4F)c(Cl)c3Br)C2=O)o1. The van der Waals surface area contributed by atoms with Crippen molar-refractivity contribution in [1.82, 2.24) is 10.2 Å². The fraction of sp³-hybridized carbons (Fsp3) is 0.154. The molecule has 1 saturated heterocycles. The van der Waals surface area contributed by atoms with Crippen LogP contribution in [0.3, 0.4) is 0 Å². The summed E-state index contributed by atoms with van der Waals surface area (Å²) < 4.78 is 34.9. The number of ether oxygens (including phenoxy) is 3. The number of methoxy groups -OCH3 is 2. The lowest BCUT2D eigenvalue weighted by atomic mass is 10.1. The lowest BCUT2D eigenvalue weighted by molar-refractivity contribution is -0.123. The van der Waals surface area contributed by atoms with Gasteiger partial charge in [-0.2, -0.15) is 0 Å². The molecule has 0 spiro atoms. The molecule has 1 aliphatic rings. The van der Waals surface area contributed by atoms with Crippen LogP contribution in [-0.2, 0) is 20.9 Å². The molecule has 1 aromatic heterocycles. The first-order valence-corrected chi connectivity index (χ1v) is 12.5. The van der Waals surface area contributed by atoms with Crippen LogP contribution in [0.25, 0.3) is 6.08 Å². The number of amides is 4. The van der Waals surface area contributed by atoms with Gasteiger partial charge in [0, 0.05) is 4.47 Å². The van der Waals surface area contributed by atoms with Gasteiger partial charge in [0.2, 0.25) is 5.76 Å². The number of para-hydroxylation sites is 1. The summed E-state index contributed by atoms with van der Waals surface area (Å²) in [6, 6.07) is 9.25. The molecular weight excluding hydrogens is 617 g/mol. The van der Waals surface area contributed by atoms with E-state index >= 15 is 0 Å². The van der Waals surface area contributed by atoms with Crippen LogP contribution in [-0.4, -0.2) is 49.5 Å². The number of urea groups is 1. The van der Waals surface area contributed by atoms with E-state index in [2.05, 4.69) is 31.3 Å². The number of carbonyl (C=O) groups is 4. The summed E-state index contributed by atoms with van der Waals surface area (Å²) in [5, 5.41) is 4.89. The smallest absolute Gasteiger partial charge is 0.373 e. The number of benzene rings is 2. The van der Waals surface area contributed by atoms with E-state index in [1.54, 1.807) is 6.07 Å². The number of hydrogen-bond acceptors (Lipinski definition) is 8. The second kappa shape index (κ2) is 12.2. The topological polar surface area (TPSA) is 136 Å². The summed E-state index contributed by atoms with van der Waals surface area (Å²) in [6.45, 7) is -0.739. The molecule has 2 N–H and O–H groups in total. The third-order valence-corrected chi connectivity index (χ3v) is 6.94. The van der Waals surface area contributed by atoms with Crippen LogP contribution < -0.4 is 20.1 Å².